The van der Waals surface area contributed by atoms with Gasteiger partial charge in [-0.25, -0.2) is 0 Å². The third kappa shape index (κ3) is 16.7. The molecule has 0 spiro atoms. The fourth-order valence-electron chi connectivity index (χ4n) is 3.13. The van der Waals surface area contributed by atoms with Crippen molar-refractivity contribution in [3.63, 3.8) is 0 Å². The van der Waals surface area contributed by atoms with Crippen molar-refractivity contribution in [2.75, 3.05) is 20.8 Å². The normalized spacial score (nSPS) is 12.9. The summed E-state index contributed by atoms with van der Waals surface area (Å²) in [5, 5.41) is 3.48. The molecule has 0 rings (SSSR count). The minimum absolute atomic E-state index is 0.126. The molecule has 3 heteroatoms. The van der Waals surface area contributed by atoms with Crippen molar-refractivity contribution in [2.24, 2.45) is 0 Å². The summed E-state index contributed by atoms with van der Waals surface area (Å²) in [6, 6.07) is 0.547. The van der Waals surface area contributed by atoms with Gasteiger partial charge >= 0.3 is 0 Å². The van der Waals surface area contributed by atoms with Gasteiger partial charge in [-0.2, -0.15) is 0 Å². The van der Waals surface area contributed by atoms with Gasteiger partial charge in [0.2, 0.25) is 0 Å². The van der Waals surface area contributed by atoms with Gasteiger partial charge in [0.05, 0.1) is 0 Å². The van der Waals surface area contributed by atoms with Gasteiger partial charge in [0.1, 0.15) is 0 Å². The second kappa shape index (κ2) is 19.2. The molecule has 0 aromatic rings. The third-order valence-electron chi connectivity index (χ3n) is 4.90. The third-order valence-corrected chi connectivity index (χ3v) is 4.90. The van der Waals surface area contributed by atoms with Crippen LogP contribution in [0.4, 0.5) is 0 Å². The number of methoxy groups -OCH3 is 2. The van der Waals surface area contributed by atoms with Gasteiger partial charge in [0.15, 0.2) is 6.29 Å². The van der Waals surface area contributed by atoms with E-state index in [2.05, 4.69) is 19.2 Å². The minimum Gasteiger partial charge on any atom is -0.355 e. The van der Waals surface area contributed by atoms with E-state index in [1.54, 1.807) is 14.2 Å². The molecule has 0 aromatic carbocycles. The lowest BCUT2D eigenvalue weighted by atomic mass is 10.0. The molecular weight excluding hydrogens is 298 g/mol. The number of hydrogen-bond acceptors (Lipinski definition) is 3. The second-order valence-electron chi connectivity index (χ2n) is 7.24. The molecule has 1 unspecified atom stereocenters. The standard InChI is InChI=1S/C21H45NO2/c1-5-6-7-8-9-10-11-12-13-14-15-16-17-18-20(2)22-19-21(23-3)24-4/h20-22H,5-19H2,1-4H3. The van der Waals surface area contributed by atoms with Gasteiger partial charge in [0, 0.05) is 26.8 Å². The first-order chi connectivity index (χ1) is 11.7. The fourth-order valence-corrected chi connectivity index (χ4v) is 3.13. The molecule has 0 aliphatic rings. The highest BCUT2D eigenvalue weighted by Crippen LogP contribution is 2.13. The molecule has 0 saturated heterocycles. The summed E-state index contributed by atoms with van der Waals surface area (Å²) < 4.78 is 10.4. The Balaban J connectivity index is 3.19. The Labute approximate surface area is 152 Å². The van der Waals surface area contributed by atoms with Gasteiger partial charge in [-0.1, -0.05) is 90.4 Å². The molecule has 24 heavy (non-hydrogen) atoms. The molecule has 0 bridgehead atoms. The molecule has 0 aliphatic heterocycles. The first-order valence-electron chi connectivity index (χ1n) is 10.5. The van der Waals surface area contributed by atoms with Crippen LogP contribution in [0.2, 0.25) is 0 Å². The maximum absolute atomic E-state index is 5.19. The van der Waals surface area contributed by atoms with E-state index >= 15 is 0 Å². The van der Waals surface area contributed by atoms with Crippen molar-refractivity contribution in [1.29, 1.82) is 0 Å². The fraction of sp³-hybridized carbons (Fsp3) is 1.00. The first-order valence-corrected chi connectivity index (χ1v) is 10.5. The van der Waals surface area contributed by atoms with Crippen LogP contribution in [0.25, 0.3) is 0 Å². The van der Waals surface area contributed by atoms with Crippen LogP contribution < -0.4 is 5.32 Å². The lowest BCUT2D eigenvalue weighted by Gasteiger charge is -2.18. The Kier molecular flexibility index (Phi) is 19.1. The summed E-state index contributed by atoms with van der Waals surface area (Å²) >= 11 is 0. The Hall–Kier alpha value is -0.120. The number of ether oxygens (including phenoxy) is 2. The van der Waals surface area contributed by atoms with Crippen molar-refractivity contribution in [2.45, 2.75) is 116 Å². The zero-order valence-corrected chi connectivity index (χ0v) is 17.1. The number of unbranched alkanes of at least 4 members (excludes halogenated alkanes) is 12. The van der Waals surface area contributed by atoms with Crippen molar-refractivity contribution in [1.82, 2.24) is 5.32 Å². The van der Waals surface area contributed by atoms with Crippen molar-refractivity contribution in [3.05, 3.63) is 0 Å². The second-order valence-corrected chi connectivity index (χ2v) is 7.24. The zero-order chi connectivity index (χ0) is 17.9. The van der Waals surface area contributed by atoms with E-state index in [1.807, 2.05) is 0 Å². The van der Waals surface area contributed by atoms with Crippen LogP contribution in [0.1, 0.15) is 104 Å². The van der Waals surface area contributed by atoms with Crippen LogP contribution in [0.5, 0.6) is 0 Å². The van der Waals surface area contributed by atoms with Crippen LogP contribution in [-0.4, -0.2) is 33.1 Å². The predicted octanol–water partition coefficient (Wildman–Crippen LogP) is 6.06. The smallest absolute Gasteiger partial charge is 0.169 e. The Morgan fingerprint density at radius 1 is 0.667 bits per heavy atom. The summed E-state index contributed by atoms with van der Waals surface area (Å²) in [6.07, 6.45) is 19.6. The van der Waals surface area contributed by atoms with Gasteiger partial charge in [-0.15, -0.1) is 0 Å². The van der Waals surface area contributed by atoms with E-state index in [-0.39, 0.29) is 6.29 Å². The molecule has 146 valence electrons. The maximum Gasteiger partial charge on any atom is 0.169 e. The number of hydrogen-bond donors (Lipinski definition) is 1. The van der Waals surface area contributed by atoms with Crippen LogP contribution >= 0.6 is 0 Å². The molecule has 0 aliphatic carbocycles. The van der Waals surface area contributed by atoms with Crippen molar-refractivity contribution < 1.29 is 9.47 Å². The molecule has 0 aromatic heterocycles. The lowest BCUT2D eigenvalue weighted by molar-refractivity contribution is -0.0997. The zero-order valence-electron chi connectivity index (χ0n) is 17.1. The van der Waals surface area contributed by atoms with E-state index in [1.165, 1.54) is 89.9 Å². The summed E-state index contributed by atoms with van der Waals surface area (Å²) in [6.45, 7) is 5.31. The molecule has 3 nitrogen and oxygen atoms in total. The molecule has 0 heterocycles. The molecule has 0 fully saturated rings. The summed E-state index contributed by atoms with van der Waals surface area (Å²) in [5.74, 6) is 0. The van der Waals surface area contributed by atoms with Gasteiger partial charge in [-0.05, 0) is 13.3 Å². The Morgan fingerprint density at radius 2 is 1.08 bits per heavy atom. The Morgan fingerprint density at radius 3 is 1.50 bits per heavy atom. The largest absolute Gasteiger partial charge is 0.355 e. The average Bonchev–Trinajstić information content (AvgIpc) is 2.60. The highest BCUT2D eigenvalue weighted by atomic mass is 16.7. The summed E-state index contributed by atoms with van der Waals surface area (Å²) in [7, 11) is 3.37. The first kappa shape index (κ1) is 23.9. The number of nitrogens with one attached hydrogen (secondary N) is 1. The van der Waals surface area contributed by atoms with Crippen molar-refractivity contribution in [3.8, 4) is 0 Å². The topological polar surface area (TPSA) is 30.5 Å². The Bertz CT molecular complexity index is 232. The molecule has 1 N–H and O–H groups in total. The summed E-state index contributed by atoms with van der Waals surface area (Å²) in [5.41, 5.74) is 0. The van der Waals surface area contributed by atoms with E-state index in [0.717, 1.165) is 6.54 Å². The van der Waals surface area contributed by atoms with Crippen LogP contribution in [0.3, 0.4) is 0 Å². The quantitative estimate of drug-likeness (QED) is 0.228. The van der Waals surface area contributed by atoms with E-state index in [0.29, 0.717) is 6.04 Å². The SMILES string of the molecule is CCCCCCCCCCCCCCCC(C)NCC(OC)OC. The van der Waals surface area contributed by atoms with Gasteiger partial charge in [0.25, 0.3) is 0 Å². The molecule has 1 atom stereocenters. The van der Waals surface area contributed by atoms with Crippen LogP contribution in [0.15, 0.2) is 0 Å². The highest BCUT2D eigenvalue weighted by molar-refractivity contribution is 4.62. The molecule has 0 amide bonds. The van der Waals surface area contributed by atoms with Gasteiger partial charge in [-0.3, -0.25) is 0 Å². The van der Waals surface area contributed by atoms with Gasteiger partial charge < -0.3 is 14.8 Å². The van der Waals surface area contributed by atoms with E-state index in [4.69, 9.17) is 9.47 Å². The highest BCUT2D eigenvalue weighted by Gasteiger charge is 2.07. The molecule has 0 radical (unpaired) electrons. The van der Waals surface area contributed by atoms with Crippen molar-refractivity contribution >= 4 is 0 Å². The molecule has 0 saturated carbocycles. The van der Waals surface area contributed by atoms with Crippen LogP contribution in [0, 0.1) is 0 Å². The summed E-state index contributed by atoms with van der Waals surface area (Å²) in [4.78, 5) is 0. The van der Waals surface area contributed by atoms with Crippen LogP contribution in [-0.2, 0) is 9.47 Å². The number of rotatable bonds is 19. The van der Waals surface area contributed by atoms with E-state index < -0.39 is 0 Å². The molecular formula is C21H45NO2. The maximum atomic E-state index is 5.19. The monoisotopic (exact) mass is 343 g/mol. The average molecular weight is 344 g/mol. The minimum atomic E-state index is -0.126. The lowest BCUT2D eigenvalue weighted by Crippen LogP contribution is -2.35. The predicted molar refractivity (Wildman–Crippen MR) is 106 cm³/mol. The van der Waals surface area contributed by atoms with E-state index in [9.17, 15) is 0 Å².